The van der Waals surface area contributed by atoms with E-state index in [-0.39, 0.29) is 12.0 Å². The lowest BCUT2D eigenvalue weighted by Crippen LogP contribution is -2.35. The zero-order valence-electron chi connectivity index (χ0n) is 8.75. The maximum absolute atomic E-state index is 11.8. The van der Waals surface area contributed by atoms with Gasteiger partial charge in [-0.05, 0) is 5.41 Å². The Kier molecular flexibility index (Phi) is 5.42. The van der Waals surface area contributed by atoms with E-state index >= 15 is 0 Å². The van der Waals surface area contributed by atoms with Gasteiger partial charge in [0.2, 0.25) is 5.91 Å². The summed E-state index contributed by atoms with van der Waals surface area (Å²) in [6, 6.07) is 0. The molecular formula is C9H15ClF3NO. The Morgan fingerprint density at radius 1 is 1.33 bits per heavy atom. The van der Waals surface area contributed by atoms with E-state index in [0.29, 0.717) is 5.88 Å². The molecule has 0 radical (unpaired) electrons. The van der Waals surface area contributed by atoms with Crippen LogP contribution in [-0.4, -0.2) is 24.5 Å². The van der Waals surface area contributed by atoms with Gasteiger partial charge in [-0.3, -0.25) is 4.79 Å². The molecule has 0 saturated heterocycles. The highest BCUT2D eigenvalue weighted by molar-refractivity contribution is 6.18. The van der Waals surface area contributed by atoms with Gasteiger partial charge in [-0.1, -0.05) is 13.8 Å². The zero-order valence-corrected chi connectivity index (χ0v) is 9.50. The van der Waals surface area contributed by atoms with Crippen LogP contribution in [0.1, 0.15) is 26.7 Å². The summed E-state index contributed by atoms with van der Waals surface area (Å²) < 4.78 is 35.3. The average Bonchev–Trinajstić information content (AvgIpc) is 2.10. The van der Waals surface area contributed by atoms with Crippen LogP contribution in [0.4, 0.5) is 13.2 Å². The fraction of sp³-hybridized carbons (Fsp3) is 0.889. The third kappa shape index (κ3) is 8.54. The number of carbonyl (C=O) groups excluding carboxylic acids is 1. The molecule has 0 aliphatic heterocycles. The van der Waals surface area contributed by atoms with Gasteiger partial charge in [0, 0.05) is 18.8 Å². The summed E-state index contributed by atoms with van der Waals surface area (Å²) >= 11 is 5.60. The molecule has 0 unspecified atom stereocenters. The summed E-state index contributed by atoms with van der Waals surface area (Å²) in [6.45, 7) is 3.93. The molecule has 0 fully saturated rings. The Labute approximate surface area is 92.2 Å². The molecule has 0 heterocycles. The molecule has 0 aromatic rings. The van der Waals surface area contributed by atoms with Crippen LogP contribution in [0, 0.1) is 5.41 Å². The van der Waals surface area contributed by atoms with Crippen LogP contribution in [0.15, 0.2) is 0 Å². The summed E-state index contributed by atoms with van der Waals surface area (Å²) in [4.78, 5) is 11.0. The van der Waals surface area contributed by atoms with Crippen molar-refractivity contribution in [3.05, 3.63) is 0 Å². The third-order valence-electron chi connectivity index (χ3n) is 1.76. The van der Waals surface area contributed by atoms with Crippen molar-refractivity contribution in [1.29, 1.82) is 0 Å². The highest BCUT2D eigenvalue weighted by Gasteiger charge is 2.28. The number of halogens is 4. The second kappa shape index (κ2) is 5.58. The van der Waals surface area contributed by atoms with Crippen molar-refractivity contribution in [3.8, 4) is 0 Å². The number of amides is 1. The van der Waals surface area contributed by atoms with E-state index < -0.39 is 24.9 Å². The van der Waals surface area contributed by atoms with Crippen LogP contribution in [0.25, 0.3) is 0 Å². The maximum Gasteiger partial charge on any atom is 0.389 e. The lowest BCUT2D eigenvalue weighted by atomic mass is 9.96. The van der Waals surface area contributed by atoms with E-state index in [4.69, 9.17) is 11.6 Å². The normalized spacial score (nSPS) is 12.7. The second-order valence-electron chi connectivity index (χ2n) is 4.19. The van der Waals surface area contributed by atoms with E-state index in [1.54, 1.807) is 0 Å². The van der Waals surface area contributed by atoms with Crippen molar-refractivity contribution in [1.82, 2.24) is 5.32 Å². The second-order valence-corrected chi connectivity index (χ2v) is 4.46. The molecule has 0 aliphatic rings. The standard InChI is InChI=1S/C9H15ClF3NO/c1-8(2,5-10)6-14-7(15)3-4-9(11,12)13/h3-6H2,1-2H3,(H,14,15). The fourth-order valence-electron chi connectivity index (χ4n) is 0.729. The summed E-state index contributed by atoms with van der Waals surface area (Å²) in [6.07, 6.45) is -5.89. The van der Waals surface area contributed by atoms with Gasteiger partial charge in [-0.25, -0.2) is 0 Å². The predicted molar refractivity (Wildman–Crippen MR) is 52.8 cm³/mol. The Morgan fingerprint density at radius 2 is 1.87 bits per heavy atom. The minimum atomic E-state index is -4.28. The topological polar surface area (TPSA) is 29.1 Å². The minimum Gasteiger partial charge on any atom is -0.356 e. The van der Waals surface area contributed by atoms with Crippen LogP contribution in [-0.2, 0) is 4.79 Å². The molecule has 0 saturated carbocycles. The van der Waals surface area contributed by atoms with E-state index in [0.717, 1.165) is 0 Å². The van der Waals surface area contributed by atoms with Crippen molar-refractivity contribution in [3.63, 3.8) is 0 Å². The van der Waals surface area contributed by atoms with Crippen molar-refractivity contribution < 1.29 is 18.0 Å². The van der Waals surface area contributed by atoms with Crippen molar-refractivity contribution in [2.75, 3.05) is 12.4 Å². The number of nitrogens with one attached hydrogen (secondary N) is 1. The molecule has 0 aliphatic carbocycles. The van der Waals surface area contributed by atoms with Crippen molar-refractivity contribution in [2.24, 2.45) is 5.41 Å². The first-order valence-corrected chi connectivity index (χ1v) is 5.09. The first-order chi connectivity index (χ1) is 6.66. The van der Waals surface area contributed by atoms with Crippen LogP contribution < -0.4 is 5.32 Å². The molecule has 90 valence electrons. The molecule has 6 heteroatoms. The molecular weight excluding hydrogens is 231 g/mol. The predicted octanol–water partition coefficient (Wildman–Crippen LogP) is 2.71. The number of hydrogen-bond acceptors (Lipinski definition) is 1. The number of carbonyl (C=O) groups is 1. The van der Waals surface area contributed by atoms with E-state index in [2.05, 4.69) is 5.32 Å². The highest BCUT2D eigenvalue weighted by atomic mass is 35.5. The quantitative estimate of drug-likeness (QED) is 0.742. The van der Waals surface area contributed by atoms with Gasteiger partial charge in [-0.15, -0.1) is 11.6 Å². The molecule has 2 nitrogen and oxygen atoms in total. The van der Waals surface area contributed by atoms with Crippen LogP contribution in [0.2, 0.25) is 0 Å². The van der Waals surface area contributed by atoms with Crippen LogP contribution in [0.3, 0.4) is 0 Å². The van der Waals surface area contributed by atoms with E-state index in [1.807, 2.05) is 13.8 Å². The van der Waals surface area contributed by atoms with Gasteiger partial charge in [0.25, 0.3) is 0 Å². The average molecular weight is 246 g/mol. The number of hydrogen-bond donors (Lipinski definition) is 1. The monoisotopic (exact) mass is 245 g/mol. The lowest BCUT2D eigenvalue weighted by Gasteiger charge is -2.21. The molecule has 0 atom stereocenters. The van der Waals surface area contributed by atoms with Gasteiger partial charge < -0.3 is 5.32 Å². The first kappa shape index (κ1) is 14.6. The Morgan fingerprint density at radius 3 is 2.27 bits per heavy atom. The Bertz CT molecular complexity index is 216. The summed E-state index contributed by atoms with van der Waals surface area (Å²) in [5, 5.41) is 2.42. The van der Waals surface area contributed by atoms with Crippen molar-refractivity contribution >= 4 is 17.5 Å². The molecule has 1 amide bonds. The maximum atomic E-state index is 11.8. The molecule has 0 aromatic heterocycles. The van der Waals surface area contributed by atoms with Gasteiger partial charge in [0.05, 0.1) is 6.42 Å². The number of rotatable bonds is 5. The van der Waals surface area contributed by atoms with E-state index in [1.165, 1.54) is 0 Å². The summed E-state index contributed by atoms with van der Waals surface area (Å²) in [5.74, 6) is -0.252. The molecule has 0 rings (SSSR count). The van der Waals surface area contributed by atoms with Gasteiger partial charge in [0.1, 0.15) is 0 Å². The number of alkyl halides is 4. The van der Waals surface area contributed by atoms with Crippen LogP contribution in [0.5, 0.6) is 0 Å². The molecule has 0 spiro atoms. The molecule has 1 N–H and O–H groups in total. The van der Waals surface area contributed by atoms with E-state index in [9.17, 15) is 18.0 Å². The third-order valence-corrected chi connectivity index (χ3v) is 2.48. The summed E-state index contributed by atoms with van der Waals surface area (Å²) in [7, 11) is 0. The fourth-order valence-corrected chi connectivity index (χ4v) is 0.823. The van der Waals surface area contributed by atoms with Gasteiger partial charge in [-0.2, -0.15) is 13.2 Å². The largest absolute Gasteiger partial charge is 0.389 e. The summed E-state index contributed by atoms with van der Waals surface area (Å²) in [5.41, 5.74) is -0.296. The molecule has 0 bridgehead atoms. The van der Waals surface area contributed by atoms with Gasteiger partial charge >= 0.3 is 6.18 Å². The van der Waals surface area contributed by atoms with Crippen molar-refractivity contribution in [2.45, 2.75) is 32.9 Å². The minimum absolute atomic E-state index is 0.285. The highest BCUT2D eigenvalue weighted by Crippen LogP contribution is 2.21. The molecule has 0 aromatic carbocycles. The lowest BCUT2D eigenvalue weighted by molar-refractivity contribution is -0.144. The SMILES string of the molecule is CC(C)(CCl)CNC(=O)CCC(F)(F)F. The Balaban J connectivity index is 3.77. The molecule has 15 heavy (non-hydrogen) atoms. The Hall–Kier alpha value is -0.450. The smallest absolute Gasteiger partial charge is 0.356 e. The van der Waals surface area contributed by atoms with Crippen LogP contribution >= 0.6 is 11.6 Å². The van der Waals surface area contributed by atoms with Gasteiger partial charge in [0.15, 0.2) is 0 Å². The zero-order chi connectivity index (χ0) is 12.1. The first-order valence-electron chi connectivity index (χ1n) is 4.56.